The second-order valence-electron chi connectivity index (χ2n) is 2.50. The molecule has 0 spiro atoms. The fourth-order valence-electron chi connectivity index (χ4n) is 1.08. The first-order valence-electron chi connectivity index (χ1n) is 3.43. The zero-order chi connectivity index (χ0) is 9.35. The smallest absolute Gasteiger partial charge is 0.0855 e. The molecule has 12 heavy (non-hydrogen) atoms. The van der Waals surface area contributed by atoms with Crippen LogP contribution in [-0.2, 0) is 0 Å². The van der Waals surface area contributed by atoms with Crippen LogP contribution in [0.2, 0.25) is 0 Å². The Morgan fingerprint density at radius 2 is 2.25 bits per heavy atom. The van der Waals surface area contributed by atoms with Gasteiger partial charge in [0.2, 0.25) is 0 Å². The Morgan fingerprint density at radius 3 is 2.58 bits per heavy atom. The van der Waals surface area contributed by atoms with Gasteiger partial charge in [0, 0.05) is 12.0 Å². The molecule has 0 saturated heterocycles. The molecule has 1 rings (SSSR count). The van der Waals surface area contributed by atoms with E-state index in [1.54, 1.807) is 11.4 Å². The quantitative estimate of drug-likeness (QED) is 0.729. The maximum absolute atomic E-state index is 9.65. The van der Waals surface area contributed by atoms with E-state index in [0.717, 1.165) is 4.91 Å². The van der Waals surface area contributed by atoms with Crippen LogP contribution in [0.15, 0.2) is 22.5 Å². The molecule has 0 fully saturated rings. The molecule has 2 N–H and O–H groups in total. The molecule has 0 atom stereocenters. The van der Waals surface area contributed by atoms with Crippen molar-refractivity contribution in [1.82, 2.24) is 4.31 Å². The molecular weight excluding hydrogens is 194 g/mol. The zero-order valence-corrected chi connectivity index (χ0v) is 8.78. The van der Waals surface area contributed by atoms with Crippen molar-refractivity contribution in [2.24, 2.45) is 0 Å². The van der Waals surface area contributed by atoms with Gasteiger partial charge in [0.1, 0.15) is 0 Å². The highest BCUT2D eigenvalue weighted by Crippen LogP contribution is 2.58. The number of nitrogens with zero attached hydrogens (tertiary/aromatic N) is 1. The molecule has 1 heterocycles. The number of thioether (sulfide) groups is 1. The topological polar surface area (TPSA) is 43.7 Å². The third-order valence-electron chi connectivity index (χ3n) is 1.80. The Bertz CT molecular complexity index is 238. The first kappa shape index (κ1) is 10.1. The fraction of sp³-hybridized carbons (Fsp3) is 0.429. The van der Waals surface area contributed by atoms with Crippen LogP contribution in [0, 0.1) is 0 Å². The van der Waals surface area contributed by atoms with Crippen molar-refractivity contribution >= 4 is 22.5 Å². The van der Waals surface area contributed by atoms with Crippen LogP contribution in [0.3, 0.4) is 0 Å². The summed E-state index contributed by atoms with van der Waals surface area (Å²) in [6.07, 6.45) is 3.46. The fourth-order valence-corrected chi connectivity index (χ4v) is 3.59. The summed E-state index contributed by atoms with van der Waals surface area (Å²) in [7, 11) is -1.01. The molecule has 3 nitrogen and oxygen atoms in total. The third kappa shape index (κ3) is 1.43. The number of hydrogen-bond acceptors (Lipinski definition) is 4. The molecule has 5 heteroatoms. The van der Waals surface area contributed by atoms with Gasteiger partial charge in [0.15, 0.2) is 0 Å². The number of rotatable bonds is 2. The summed E-state index contributed by atoms with van der Waals surface area (Å²) in [5.74, 6) is 0. The minimum Gasteiger partial charge on any atom is -0.281 e. The van der Waals surface area contributed by atoms with E-state index in [-0.39, 0.29) is 0 Å². The van der Waals surface area contributed by atoms with E-state index in [2.05, 4.69) is 6.58 Å². The van der Waals surface area contributed by atoms with Crippen LogP contribution in [-0.4, -0.2) is 33.3 Å². The SMILES string of the molecule is C=CC1=C(SC)CN(C)S1(O)O. The van der Waals surface area contributed by atoms with E-state index >= 15 is 0 Å². The largest absolute Gasteiger partial charge is 0.281 e. The Hall–Kier alpha value is 0.0600. The molecule has 0 unspecified atom stereocenters. The Balaban J connectivity index is 3.04. The second kappa shape index (κ2) is 3.43. The highest BCUT2D eigenvalue weighted by atomic mass is 32.3. The van der Waals surface area contributed by atoms with Crippen LogP contribution in [0.5, 0.6) is 0 Å². The Kier molecular flexibility index (Phi) is 2.90. The van der Waals surface area contributed by atoms with Gasteiger partial charge >= 0.3 is 0 Å². The lowest BCUT2D eigenvalue weighted by Crippen LogP contribution is -2.18. The zero-order valence-electron chi connectivity index (χ0n) is 7.15. The molecule has 0 saturated carbocycles. The van der Waals surface area contributed by atoms with Gasteiger partial charge in [0.05, 0.1) is 11.4 Å². The van der Waals surface area contributed by atoms with Gasteiger partial charge in [-0.3, -0.25) is 9.11 Å². The van der Waals surface area contributed by atoms with Gasteiger partial charge in [0.25, 0.3) is 0 Å². The molecule has 0 aromatic heterocycles. The van der Waals surface area contributed by atoms with Crippen molar-refractivity contribution < 1.29 is 9.11 Å². The van der Waals surface area contributed by atoms with E-state index in [4.69, 9.17) is 0 Å². The van der Waals surface area contributed by atoms with Crippen LogP contribution < -0.4 is 0 Å². The van der Waals surface area contributed by atoms with Crippen LogP contribution >= 0.6 is 22.5 Å². The summed E-state index contributed by atoms with van der Waals surface area (Å²) in [5.41, 5.74) is 0. The third-order valence-corrected chi connectivity index (χ3v) is 4.78. The summed E-state index contributed by atoms with van der Waals surface area (Å²) in [6, 6.07) is 0. The van der Waals surface area contributed by atoms with Crippen molar-refractivity contribution in [3.8, 4) is 0 Å². The van der Waals surface area contributed by atoms with Gasteiger partial charge in [-0.25, -0.2) is 4.31 Å². The molecular formula is C7H13NO2S2. The highest BCUT2D eigenvalue weighted by molar-refractivity contribution is 8.26. The normalized spacial score (nSPS) is 26.0. The molecule has 70 valence electrons. The highest BCUT2D eigenvalue weighted by Gasteiger charge is 2.32. The van der Waals surface area contributed by atoms with Crippen molar-refractivity contribution in [3.63, 3.8) is 0 Å². The first-order chi connectivity index (χ1) is 5.54. The first-order valence-corrected chi connectivity index (χ1v) is 6.16. The number of allylic oxidation sites excluding steroid dienone is 1. The van der Waals surface area contributed by atoms with Gasteiger partial charge < -0.3 is 0 Å². The van der Waals surface area contributed by atoms with E-state index in [1.807, 2.05) is 6.26 Å². The average Bonchev–Trinajstić information content (AvgIpc) is 2.23. The van der Waals surface area contributed by atoms with E-state index in [1.165, 1.54) is 17.8 Å². The minimum absolute atomic E-state index is 0.581. The summed E-state index contributed by atoms with van der Waals surface area (Å²) in [4.78, 5) is 1.57. The van der Waals surface area contributed by atoms with Crippen LogP contribution in [0.1, 0.15) is 0 Å². The van der Waals surface area contributed by atoms with Crippen LogP contribution in [0.4, 0.5) is 0 Å². The monoisotopic (exact) mass is 207 g/mol. The lowest BCUT2D eigenvalue weighted by molar-refractivity contribution is 0.418. The van der Waals surface area contributed by atoms with Crippen molar-refractivity contribution in [2.45, 2.75) is 0 Å². The van der Waals surface area contributed by atoms with E-state index < -0.39 is 10.8 Å². The van der Waals surface area contributed by atoms with Gasteiger partial charge in [-0.2, -0.15) is 0 Å². The number of hydrogen-bond donors (Lipinski definition) is 2. The molecule has 0 aliphatic carbocycles. The predicted octanol–water partition coefficient (Wildman–Crippen LogP) is 2.36. The van der Waals surface area contributed by atoms with Crippen molar-refractivity contribution in [1.29, 1.82) is 0 Å². The maximum Gasteiger partial charge on any atom is 0.0855 e. The van der Waals surface area contributed by atoms with E-state index in [0.29, 0.717) is 11.4 Å². The number of likely N-dealkylation sites (N-methyl/N-ethyl adjacent to an activating group) is 1. The summed E-state index contributed by atoms with van der Waals surface area (Å²) < 4.78 is 20.8. The lowest BCUT2D eigenvalue weighted by atomic mass is 10.5. The molecule has 1 aliphatic rings. The molecule has 0 aromatic carbocycles. The lowest BCUT2D eigenvalue weighted by Gasteiger charge is -2.35. The minimum atomic E-state index is -2.70. The Labute approximate surface area is 78.6 Å². The van der Waals surface area contributed by atoms with E-state index in [9.17, 15) is 9.11 Å². The molecule has 1 aliphatic heterocycles. The standard InChI is InChI=1S/C7H13NO2S2/c1-4-7-6(11-3)5-8(2)12(7,9)10/h4,9-10H,1,5H2,2-3H3. The molecule has 0 aromatic rings. The van der Waals surface area contributed by atoms with Gasteiger partial charge in [-0.1, -0.05) is 6.58 Å². The summed E-state index contributed by atoms with van der Waals surface area (Å²) in [5, 5.41) is 0. The average molecular weight is 207 g/mol. The Morgan fingerprint density at radius 1 is 1.67 bits per heavy atom. The van der Waals surface area contributed by atoms with Gasteiger partial charge in [-0.15, -0.1) is 22.5 Å². The van der Waals surface area contributed by atoms with Crippen molar-refractivity contribution in [2.75, 3.05) is 19.8 Å². The second-order valence-corrected chi connectivity index (χ2v) is 5.50. The molecule has 0 amide bonds. The summed E-state index contributed by atoms with van der Waals surface area (Å²) >= 11 is 1.54. The maximum atomic E-state index is 9.65. The molecule has 0 radical (unpaired) electrons. The van der Waals surface area contributed by atoms with Gasteiger partial charge in [-0.05, 0) is 12.3 Å². The predicted molar refractivity (Wildman–Crippen MR) is 56.2 cm³/mol. The summed E-state index contributed by atoms with van der Waals surface area (Å²) in [6.45, 7) is 4.18. The van der Waals surface area contributed by atoms with Crippen molar-refractivity contribution in [3.05, 3.63) is 22.5 Å². The molecule has 0 bridgehead atoms. The van der Waals surface area contributed by atoms with Crippen LogP contribution in [0.25, 0.3) is 0 Å².